The molecule has 1 aliphatic carbocycles. The van der Waals surface area contributed by atoms with Crippen LogP contribution in [-0.2, 0) is 11.2 Å². The maximum absolute atomic E-state index is 12.6. The molecule has 24 heavy (non-hydrogen) atoms. The van der Waals surface area contributed by atoms with Gasteiger partial charge in [0.15, 0.2) is 0 Å². The first-order valence-corrected chi connectivity index (χ1v) is 8.89. The van der Waals surface area contributed by atoms with E-state index in [1.807, 2.05) is 18.2 Å². The van der Waals surface area contributed by atoms with E-state index in [0.717, 1.165) is 28.3 Å². The van der Waals surface area contributed by atoms with Crippen molar-refractivity contribution in [1.29, 1.82) is 0 Å². The second-order valence-electron chi connectivity index (χ2n) is 7.03. The molecule has 1 N–H and O–H groups in total. The highest BCUT2D eigenvalue weighted by atomic mass is 16.3. The Hall–Kier alpha value is -2.29. The van der Waals surface area contributed by atoms with Gasteiger partial charge in [-0.1, -0.05) is 50.1 Å². The molecule has 0 saturated heterocycles. The minimum absolute atomic E-state index is 0.101. The number of rotatable bonds is 3. The van der Waals surface area contributed by atoms with Crippen LogP contribution in [0.25, 0.3) is 21.7 Å². The van der Waals surface area contributed by atoms with E-state index < -0.39 is 0 Å². The number of nitrogens with one attached hydrogen (secondary N) is 1. The van der Waals surface area contributed by atoms with Gasteiger partial charge < -0.3 is 9.73 Å². The zero-order valence-corrected chi connectivity index (χ0v) is 14.0. The van der Waals surface area contributed by atoms with Crippen LogP contribution >= 0.6 is 0 Å². The average molecular weight is 321 g/mol. The number of amides is 1. The Balaban J connectivity index is 1.60. The molecule has 0 bridgehead atoms. The lowest BCUT2D eigenvalue weighted by Crippen LogP contribution is -2.41. The summed E-state index contributed by atoms with van der Waals surface area (Å²) in [5, 5.41) is 6.63. The Kier molecular flexibility index (Phi) is 4.01. The van der Waals surface area contributed by atoms with Crippen molar-refractivity contribution >= 4 is 27.6 Å². The maximum Gasteiger partial charge on any atom is 0.224 e. The zero-order chi connectivity index (χ0) is 16.5. The van der Waals surface area contributed by atoms with Crippen molar-refractivity contribution in [2.45, 2.75) is 45.1 Å². The molecule has 1 heterocycles. The minimum atomic E-state index is 0.101. The Morgan fingerprint density at radius 1 is 1.17 bits per heavy atom. The standard InChI is InChI=1S/C21H23NO2/c1-14-6-2-5-9-18(14)22-20(23)12-16-13-24-19-11-10-15-7-3-4-8-17(15)21(16)19/h3-4,7-8,10-11,13-14,18H,2,5-6,9,12H2,1H3,(H,22,23). The van der Waals surface area contributed by atoms with E-state index in [-0.39, 0.29) is 5.91 Å². The van der Waals surface area contributed by atoms with Crippen LogP contribution in [0.3, 0.4) is 0 Å². The van der Waals surface area contributed by atoms with Gasteiger partial charge in [-0.25, -0.2) is 0 Å². The highest BCUT2D eigenvalue weighted by Gasteiger charge is 2.23. The van der Waals surface area contributed by atoms with Gasteiger partial charge in [-0.15, -0.1) is 0 Å². The van der Waals surface area contributed by atoms with Crippen molar-refractivity contribution in [3.05, 3.63) is 48.2 Å². The number of fused-ring (bicyclic) bond motifs is 3. The summed E-state index contributed by atoms with van der Waals surface area (Å²) in [6.45, 7) is 2.24. The number of carbonyl (C=O) groups is 1. The van der Waals surface area contributed by atoms with Crippen molar-refractivity contribution in [3.63, 3.8) is 0 Å². The molecule has 3 aromatic rings. The van der Waals surface area contributed by atoms with Gasteiger partial charge in [0.25, 0.3) is 0 Å². The third kappa shape index (κ3) is 2.79. The molecule has 4 rings (SSSR count). The van der Waals surface area contributed by atoms with Gasteiger partial charge in [-0.3, -0.25) is 4.79 Å². The van der Waals surface area contributed by atoms with Crippen molar-refractivity contribution in [3.8, 4) is 0 Å². The lowest BCUT2D eigenvalue weighted by molar-refractivity contribution is -0.121. The van der Waals surface area contributed by atoms with Crippen LogP contribution in [0, 0.1) is 5.92 Å². The van der Waals surface area contributed by atoms with E-state index in [2.05, 4.69) is 30.4 Å². The second kappa shape index (κ2) is 6.31. The molecule has 1 saturated carbocycles. The van der Waals surface area contributed by atoms with Gasteiger partial charge >= 0.3 is 0 Å². The topological polar surface area (TPSA) is 42.2 Å². The summed E-state index contributed by atoms with van der Waals surface area (Å²) in [6, 6.07) is 12.6. The summed E-state index contributed by atoms with van der Waals surface area (Å²) in [4.78, 5) is 12.6. The van der Waals surface area contributed by atoms with Crippen LogP contribution in [0.2, 0.25) is 0 Å². The first-order chi connectivity index (χ1) is 11.7. The predicted octanol–water partition coefficient (Wildman–Crippen LogP) is 4.82. The smallest absolute Gasteiger partial charge is 0.224 e. The Labute approximate surface area is 142 Å². The Morgan fingerprint density at radius 2 is 2.00 bits per heavy atom. The molecule has 3 nitrogen and oxygen atoms in total. The largest absolute Gasteiger partial charge is 0.464 e. The number of carbonyl (C=O) groups excluding carboxylic acids is 1. The summed E-state index contributed by atoms with van der Waals surface area (Å²) in [7, 11) is 0. The fourth-order valence-corrected chi connectivity index (χ4v) is 3.97. The van der Waals surface area contributed by atoms with Crippen LogP contribution < -0.4 is 5.32 Å². The van der Waals surface area contributed by atoms with Crippen molar-refractivity contribution < 1.29 is 9.21 Å². The Morgan fingerprint density at radius 3 is 2.88 bits per heavy atom. The van der Waals surface area contributed by atoms with Gasteiger partial charge in [0.1, 0.15) is 5.58 Å². The number of hydrogen-bond donors (Lipinski definition) is 1. The van der Waals surface area contributed by atoms with Crippen LogP contribution in [0.4, 0.5) is 0 Å². The molecular formula is C21H23NO2. The van der Waals surface area contributed by atoms with Gasteiger partial charge in [0, 0.05) is 17.0 Å². The van der Waals surface area contributed by atoms with Crippen LogP contribution in [0.15, 0.2) is 47.1 Å². The molecule has 0 spiro atoms. The molecule has 1 amide bonds. The summed E-state index contributed by atoms with van der Waals surface area (Å²) in [5.41, 5.74) is 1.82. The Bertz CT molecular complexity index is 880. The summed E-state index contributed by atoms with van der Waals surface area (Å²) in [5.74, 6) is 0.675. The molecule has 2 unspecified atom stereocenters. The molecule has 0 aliphatic heterocycles. The van der Waals surface area contributed by atoms with Gasteiger partial charge in [-0.2, -0.15) is 0 Å². The van der Waals surface area contributed by atoms with Gasteiger partial charge in [0.2, 0.25) is 5.91 Å². The SMILES string of the molecule is CC1CCCCC1NC(=O)Cc1coc2ccc3ccccc3c12. The normalized spacial score (nSPS) is 21.2. The molecular weight excluding hydrogens is 298 g/mol. The minimum Gasteiger partial charge on any atom is -0.464 e. The van der Waals surface area contributed by atoms with Gasteiger partial charge in [0.05, 0.1) is 12.7 Å². The van der Waals surface area contributed by atoms with Crippen LogP contribution in [-0.4, -0.2) is 11.9 Å². The molecule has 1 aromatic heterocycles. The first kappa shape index (κ1) is 15.3. The van der Waals surface area contributed by atoms with E-state index in [0.29, 0.717) is 18.4 Å². The van der Waals surface area contributed by atoms with E-state index in [1.54, 1.807) is 6.26 Å². The lowest BCUT2D eigenvalue weighted by atomic mass is 9.86. The molecule has 1 fully saturated rings. The van der Waals surface area contributed by atoms with Crippen LogP contribution in [0.1, 0.15) is 38.2 Å². The second-order valence-corrected chi connectivity index (χ2v) is 7.03. The molecule has 0 radical (unpaired) electrons. The monoisotopic (exact) mass is 321 g/mol. The summed E-state index contributed by atoms with van der Waals surface area (Å²) >= 11 is 0. The molecule has 1 aliphatic rings. The van der Waals surface area contributed by atoms with Crippen molar-refractivity contribution in [2.75, 3.05) is 0 Å². The molecule has 124 valence electrons. The molecule has 3 heteroatoms. The average Bonchev–Trinajstić information content (AvgIpc) is 3.00. The maximum atomic E-state index is 12.6. The number of benzene rings is 2. The van der Waals surface area contributed by atoms with E-state index in [9.17, 15) is 4.79 Å². The third-order valence-corrected chi connectivity index (χ3v) is 5.35. The first-order valence-electron chi connectivity index (χ1n) is 8.89. The van der Waals surface area contributed by atoms with Gasteiger partial charge in [-0.05, 0) is 35.6 Å². The fraction of sp³-hybridized carbons (Fsp3) is 0.381. The van der Waals surface area contributed by atoms with Crippen LogP contribution in [0.5, 0.6) is 0 Å². The lowest BCUT2D eigenvalue weighted by Gasteiger charge is -2.29. The highest BCUT2D eigenvalue weighted by Crippen LogP contribution is 2.30. The van der Waals surface area contributed by atoms with Crippen molar-refractivity contribution in [1.82, 2.24) is 5.32 Å². The highest BCUT2D eigenvalue weighted by molar-refractivity contribution is 6.08. The van der Waals surface area contributed by atoms with E-state index in [4.69, 9.17) is 4.42 Å². The summed E-state index contributed by atoms with van der Waals surface area (Å²) in [6.07, 6.45) is 6.93. The summed E-state index contributed by atoms with van der Waals surface area (Å²) < 4.78 is 5.69. The quantitative estimate of drug-likeness (QED) is 0.751. The zero-order valence-electron chi connectivity index (χ0n) is 14.0. The van der Waals surface area contributed by atoms with E-state index in [1.165, 1.54) is 24.6 Å². The third-order valence-electron chi connectivity index (χ3n) is 5.35. The fourth-order valence-electron chi connectivity index (χ4n) is 3.97. The molecule has 2 aromatic carbocycles. The molecule has 2 atom stereocenters. The predicted molar refractivity (Wildman–Crippen MR) is 97.0 cm³/mol. The van der Waals surface area contributed by atoms with E-state index >= 15 is 0 Å². The number of furan rings is 1. The van der Waals surface area contributed by atoms with Crippen molar-refractivity contribution in [2.24, 2.45) is 5.92 Å². The number of hydrogen-bond acceptors (Lipinski definition) is 2.